The Morgan fingerprint density at radius 1 is 0.791 bits per heavy atom. The highest BCUT2D eigenvalue weighted by atomic mass is 35.5. The minimum absolute atomic E-state index is 0. The molecular weight excluding hydrogens is 1270 g/mol. The number of halogens is 1. The number of nitrogens with zero attached hydrogens (tertiary/aromatic N) is 5. The Hall–Kier alpha value is -7.36. The van der Waals surface area contributed by atoms with Gasteiger partial charge in [-0.05, 0) is 20.8 Å². The van der Waals surface area contributed by atoms with Crippen LogP contribution in [0.3, 0.4) is 0 Å². The van der Waals surface area contributed by atoms with Gasteiger partial charge in [0, 0.05) is 42.3 Å². The number of nitrogen functional groups attached to an aromatic ring is 1. The van der Waals surface area contributed by atoms with Gasteiger partial charge in [-0.2, -0.15) is 0 Å². The summed E-state index contributed by atoms with van der Waals surface area (Å²) in [7, 11) is 0. The second-order valence-electron chi connectivity index (χ2n) is 20.9. The predicted molar refractivity (Wildman–Crippen MR) is 314 cm³/mol. The van der Waals surface area contributed by atoms with Gasteiger partial charge in [0.2, 0.25) is 29.5 Å². The number of hydrogen-bond acceptors (Lipinski definition) is 31. The minimum Gasteiger partial charge on any atom is -0.441 e. The summed E-state index contributed by atoms with van der Waals surface area (Å²) in [5.41, 5.74) is 33.1. The van der Waals surface area contributed by atoms with Crippen LogP contribution in [0.25, 0.3) is 10.7 Å². The van der Waals surface area contributed by atoms with Gasteiger partial charge in [-0.3, -0.25) is 33.6 Å². The summed E-state index contributed by atoms with van der Waals surface area (Å²) in [6.07, 6.45) is -25.1. The van der Waals surface area contributed by atoms with Gasteiger partial charge < -0.3 is 131 Å². The van der Waals surface area contributed by atoms with E-state index >= 15 is 4.79 Å². The number of H-pyrrole nitrogens is 1. The number of aromatic amines is 1. The maximum Gasteiger partial charge on any atom is 0.404 e. The van der Waals surface area contributed by atoms with E-state index in [9.17, 15) is 74.4 Å². The molecule has 91 heavy (non-hydrogen) atoms. The fraction of sp³-hybridized carbons (Fsp3) is 0.580. The lowest BCUT2D eigenvalue weighted by molar-refractivity contribution is -0.372. The van der Waals surface area contributed by atoms with Crippen LogP contribution in [-0.4, -0.2) is 242 Å². The van der Waals surface area contributed by atoms with E-state index in [-0.39, 0.29) is 60.5 Å². The van der Waals surface area contributed by atoms with Crippen LogP contribution in [0.2, 0.25) is 0 Å². The van der Waals surface area contributed by atoms with Crippen molar-refractivity contribution in [3.05, 3.63) is 56.8 Å². The largest absolute Gasteiger partial charge is 0.441 e. The maximum atomic E-state index is 15.1. The Balaban J connectivity index is 0.0000150. The third-order valence-electron chi connectivity index (χ3n) is 14.3. The zero-order chi connectivity index (χ0) is 66.6. The van der Waals surface area contributed by atoms with E-state index in [0.29, 0.717) is 15.7 Å². The smallest absolute Gasteiger partial charge is 0.404 e. The molecule has 2 aliphatic rings. The number of primary amides is 4. The first-order valence-corrected chi connectivity index (χ1v) is 29.2. The van der Waals surface area contributed by atoms with Crippen molar-refractivity contribution in [3.63, 3.8) is 0 Å². The molecule has 8 amide bonds. The number of rotatable bonds is 31. The summed E-state index contributed by atoms with van der Waals surface area (Å²) in [5, 5.41) is 105. The van der Waals surface area contributed by atoms with E-state index in [1.165, 1.54) is 44.4 Å². The Labute approximate surface area is 530 Å². The van der Waals surface area contributed by atoms with Gasteiger partial charge in [-0.15, -0.1) is 35.1 Å². The highest BCUT2D eigenvalue weighted by Gasteiger charge is 2.54. The lowest BCUT2D eigenvalue weighted by Crippen LogP contribution is -2.65. The fourth-order valence-electron chi connectivity index (χ4n) is 9.15. The SMILES string of the molecule is Cc1c(N)nc([C@H](CC(N)=O)NC[C@@H](N)C(N)=O)nc1C(=O)N[C@H](C(=O)N[C@H](C)[C@@H](O)[C@H](C)C(=O)N[C@@H](C(=O)NCCc1nc(-c2nc(C(N)=O)cs2)cs1)[C@@H](C)O)[C@@H](O[C@@H]1O[C@@H](CO)[C@@H](O)[C@H](O)[C@@H]1O[C@H]1O[C@H](CO)[C@@H](O)[C@H](OC(N)=O)[C@@H]1O)c1cnc[nH]1.Cl. The number of aliphatic hydroxyl groups excluding tert-OH is 8. The molecule has 38 nitrogen and oxygen atoms in total. The van der Waals surface area contributed by atoms with Gasteiger partial charge in [-0.1, -0.05) is 6.92 Å². The zero-order valence-electron chi connectivity index (χ0n) is 48.8. The molecule has 26 N–H and O–H groups in total. The second kappa shape index (κ2) is 33.3. The number of nitrogens with two attached hydrogens (primary N) is 6. The molecule has 2 saturated heterocycles. The molecule has 19 atom stereocenters. The number of aliphatic hydroxyl groups is 8. The fourth-order valence-corrected chi connectivity index (χ4v) is 10.8. The Kier molecular flexibility index (Phi) is 27.2. The Morgan fingerprint density at radius 3 is 2.05 bits per heavy atom. The number of amides is 8. The topological polar surface area (TPSA) is 641 Å². The van der Waals surface area contributed by atoms with Crippen molar-refractivity contribution in [1.29, 1.82) is 0 Å². The van der Waals surface area contributed by atoms with Crippen LogP contribution in [0.1, 0.15) is 82.4 Å². The number of thiazole rings is 2. The van der Waals surface area contributed by atoms with E-state index in [2.05, 4.69) is 56.5 Å². The first-order valence-electron chi connectivity index (χ1n) is 27.4. The molecule has 6 rings (SSSR count). The number of carbonyl (C=O) groups is 8. The standard InChI is InChI=1S/C50H73N17O21S2.ClH/c1-15-28(64-42(67-39(15)53)20(7-26(52)71)59-8-19(51)40(54)77)45(81)66-30(36(21-9-57-14-60-21)86-49-38(34(75)32(73)24(10-68)85-49)87-48-35(76)37(88-50(56)83)33(74)25(11-69)84-48)46(82)61-17(3)31(72)16(2)43(79)65-29(18(4)70)44(80)58-6-5-27-62-23(13-89-27)47-63-22(12-90-47)41(55)78;/h9,12-14,16-20,24-25,29-38,48-49,59,68-70,72-76H,5-8,10-11,51H2,1-4H3,(H2,52,71)(H2,54,77)(H2,55,78)(H2,56,83)(H,57,60)(H,58,80)(H,61,82)(H,65,79)(H,66,81)(H2,53,64,67);1H/t16-,17+,18+,19+,20-,24-,25+,29+,30-,31-,32+,33+,34-,35-,36-,37-,38-,48+,49-;/m0./s1. The zero-order valence-corrected chi connectivity index (χ0v) is 51.3. The van der Waals surface area contributed by atoms with Gasteiger partial charge in [0.25, 0.3) is 11.8 Å². The number of imidazole rings is 1. The molecule has 6 heterocycles. The van der Waals surface area contributed by atoms with Crippen molar-refractivity contribution >= 4 is 88.3 Å². The van der Waals surface area contributed by atoms with Gasteiger partial charge in [-0.25, -0.2) is 29.7 Å². The van der Waals surface area contributed by atoms with Crippen molar-refractivity contribution < 1.29 is 103 Å². The van der Waals surface area contributed by atoms with E-state index in [1.807, 2.05) is 0 Å². The van der Waals surface area contributed by atoms with E-state index in [0.717, 1.165) is 23.9 Å². The van der Waals surface area contributed by atoms with Crippen LogP contribution >= 0.6 is 35.1 Å². The van der Waals surface area contributed by atoms with Gasteiger partial charge in [0.15, 0.2) is 18.7 Å². The molecule has 2 aliphatic heterocycles. The van der Waals surface area contributed by atoms with Crippen molar-refractivity contribution in [1.82, 2.24) is 56.5 Å². The molecule has 41 heteroatoms. The number of ether oxygens (including phenoxy) is 5. The molecule has 0 saturated carbocycles. The molecule has 0 bridgehead atoms. The summed E-state index contributed by atoms with van der Waals surface area (Å²) in [6.45, 7) is 2.60. The molecule has 0 spiro atoms. The van der Waals surface area contributed by atoms with Gasteiger partial charge in [0.1, 0.15) is 94.6 Å². The van der Waals surface area contributed by atoms with Crippen molar-refractivity contribution in [3.8, 4) is 10.7 Å². The van der Waals surface area contributed by atoms with E-state index in [1.54, 1.807) is 5.38 Å². The van der Waals surface area contributed by atoms with Crippen molar-refractivity contribution in [2.45, 2.75) is 150 Å². The van der Waals surface area contributed by atoms with Crippen LogP contribution in [-0.2, 0) is 54.1 Å². The van der Waals surface area contributed by atoms with Crippen molar-refractivity contribution in [2.24, 2.45) is 34.6 Å². The number of aromatic nitrogens is 6. The van der Waals surface area contributed by atoms with Crippen LogP contribution in [0, 0.1) is 12.8 Å². The number of nitrogens with one attached hydrogen (secondary N) is 6. The van der Waals surface area contributed by atoms with Gasteiger partial charge in [0.05, 0.1) is 72.7 Å². The van der Waals surface area contributed by atoms with Crippen molar-refractivity contribution in [2.75, 3.05) is 32.0 Å². The highest BCUT2D eigenvalue weighted by molar-refractivity contribution is 7.14. The summed E-state index contributed by atoms with van der Waals surface area (Å²) in [5.74, 6) is -9.13. The monoisotopic (exact) mass is 1350 g/mol. The first-order chi connectivity index (χ1) is 42.5. The molecule has 0 radical (unpaired) electrons. The molecule has 504 valence electrons. The van der Waals surface area contributed by atoms with E-state index < -0.39 is 189 Å². The molecule has 2 fully saturated rings. The van der Waals surface area contributed by atoms with Crippen LogP contribution in [0.4, 0.5) is 10.6 Å². The molecule has 0 aromatic carbocycles. The number of hydrogen-bond donors (Lipinski definition) is 20. The number of carbonyl (C=O) groups excluding carboxylic acids is 8. The van der Waals surface area contributed by atoms with Crippen LogP contribution < -0.4 is 61.0 Å². The lowest BCUT2D eigenvalue weighted by Gasteiger charge is -2.47. The van der Waals surface area contributed by atoms with Crippen LogP contribution in [0.5, 0.6) is 0 Å². The summed E-state index contributed by atoms with van der Waals surface area (Å²) >= 11 is 2.40. The summed E-state index contributed by atoms with van der Waals surface area (Å²) in [6, 6.07) is -7.85. The lowest BCUT2D eigenvalue weighted by atomic mass is 9.96. The average Bonchev–Trinajstić information content (AvgIpc) is 1.08. The first kappa shape index (κ1) is 74.4. The molecule has 0 aliphatic carbocycles. The minimum atomic E-state index is -2.20. The second-order valence-corrected chi connectivity index (χ2v) is 22.7. The molecule has 0 unspecified atom stereocenters. The van der Waals surface area contributed by atoms with Crippen LogP contribution in [0.15, 0.2) is 23.3 Å². The Bertz CT molecular complexity index is 3150. The normalized spacial score (nSPS) is 24.5. The molecule has 4 aromatic heterocycles. The molecule has 4 aromatic rings. The third kappa shape index (κ3) is 18.9. The predicted octanol–water partition coefficient (Wildman–Crippen LogP) is -8.18. The van der Waals surface area contributed by atoms with Gasteiger partial charge >= 0.3 is 6.09 Å². The third-order valence-corrected chi connectivity index (χ3v) is 16.1. The quantitative estimate of drug-likeness (QED) is 0.0222. The maximum absolute atomic E-state index is 15.1. The molecular formula is C50H74ClN17O21S2. The summed E-state index contributed by atoms with van der Waals surface area (Å²) < 4.78 is 28.7. The summed E-state index contributed by atoms with van der Waals surface area (Å²) in [4.78, 5) is 129. The number of anilines is 1. The Morgan fingerprint density at radius 2 is 1.46 bits per heavy atom. The van der Waals surface area contributed by atoms with E-state index in [4.69, 9.17) is 58.1 Å². The highest BCUT2D eigenvalue weighted by Crippen LogP contribution is 2.35. The average molecular weight is 1350 g/mol.